The lowest BCUT2D eigenvalue weighted by Gasteiger charge is -2.53. The van der Waals surface area contributed by atoms with Gasteiger partial charge in [0.1, 0.15) is 0 Å². The third-order valence-corrected chi connectivity index (χ3v) is 7.01. The number of para-hydroxylation sites is 1. The Bertz CT molecular complexity index is 1090. The summed E-state index contributed by atoms with van der Waals surface area (Å²) in [5.74, 6) is 1.33. The molecule has 1 unspecified atom stereocenters. The minimum atomic E-state index is 0.154. The highest BCUT2D eigenvalue weighted by Gasteiger charge is 2.50. The highest BCUT2D eigenvalue weighted by atomic mass is 16.5. The number of nitrogens with zero attached hydrogens (tertiary/aromatic N) is 4. The Morgan fingerprint density at radius 2 is 2.15 bits per heavy atom. The van der Waals surface area contributed by atoms with Crippen molar-refractivity contribution in [3.63, 3.8) is 0 Å². The van der Waals surface area contributed by atoms with Gasteiger partial charge in [-0.1, -0.05) is 30.3 Å². The van der Waals surface area contributed by atoms with Crippen LogP contribution >= 0.6 is 0 Å². The maximum atomic E-state index is 5.36. The molecule has 0 bridgehead atoms. The molecule has 0 saturated carbocycles. The molecule has 138 valence electrons. The van der Waals surface area contributed by atoms with E-state index in [0.717, 1.165) is 25.1 Å². The van der Waals surface area contributed by atoms with Crippen molar-refractivity contribution in [3.8, 4) is 0 Å². The van der Waals surface area contributed by atoms with E-state index in [1.165, 1.54) is 41.5 Å². The van der Waals surface area contributed by atoms with Crippen molar-refractivity contribution >= 4 is 16.6 Å². The van der Waals surface area contributed by atoms with Crippen molar-refractivity contribution in [2.45, 2.75) is 45.6 Å². The van der Waals surface area contributed by atoms with E-state index in [4.69, 9.17) is 4.52 Å². The lowest BCUT2D eigenvalue weighted by molar-refractivity contribution is 0.0271. The lowest BCUT2D eigenvalue weighted by atomic mass is 9.66. The van der Waals surface area contributed by atoms with E-state index in [9.17, 15) is 0 Å². The molecule has 2 atom stereocenters. The van der Waals surface area contributed by atoms with E-state index in [1.54, 1.807) is 0 Å². The summed E-state index contributed by atoms with van der Waals surface area (Å²) < 4.78 is 7.80. The molecule has 0 aliphatic carbocycles. The minimum absolute atomic E-state index is 0.154. The number of hydrogen-bond donors (Lipinski definition) is 0. The van der Waals surface area contributed by atoms with Crippen molar-refractivity contribution in [3.05, 3.63) is 53.3 Å². The van der Waals surface area contributed by atoms with Gasteiger partial charge in [-0.15, -0.1) is 0 Å². The first-order valence-corrected chi connectivity index (χ1v) is 10.1. The highest BCUT2D eigenvalue weighted by Crippen LogP contribution is 2.57. The van der Waals surface area contributed by atoms with Gasteiger partial charge in [0.25, 0.3) is 0 Å². The van der Waals surface area contributed by atoms with Gasteiger partial charge in [-0.3, -0.25) is 4.90 Å². The first-order valence-electron chi connectivity index (χ1n) is 10.1. The molecule has 0 amide bonds. The molecule has 5 nitrogen and oxygen atoms in total. The topological polar surface area (TPSA) is 47.1 Å². The standard InChI is InChI=1S/C22H24N4O/c1-3-22-10-6-11-25-12-9-16-15-7-4-5-8-17(15)26(19(16)20(22)25)18(13-22)21-23-14(2)27-24-21/h4-5,7-8,13,20H,3,6,9-12H2,1-2H3/t20-,22?/m1/s1. The van der Waals surface area contributed by atoms with Gasteiger partial charge in [0.15, 0.2) is 0 Å². The average molecular weight is 360 g/mol. The van der Waals surface area contributed by atoms with Crippen molar-refractivity contribution in [1.82, 2.24) is 19.6 Å². The Kier molecular flexibility index (Phi) is 3.08. The molecule has 2 aromatic heterocycles. The SMILES string of the molecule is CCC12C=C(c3noc(C)n3)n3c4c(c5ccccc53)CCN(CCC1)[C@H]42. The van der Waals surface area contributed by atoms with E-state index < -0.39 is 0 Å². The number of aryl methyl sites for hydroxylation is 1. The van der Waals surface area contributed by atoms with E-state index in [0.29, 0.717) is 17.8 Å². The van der Waals surface area contributed by atoms with Gasteiger partial charge in [-0.2, -0.15) is 4.98 Å². The fourth-order valence-electron chi connectivity index (χ4n) is 5.85. The fraction of sp³-hybridized carbons (Fsp3) is 0.455. The van der Waals surface area contributed by atoms with Gasteiger partial charge >= 0.3 is 0 Å². The third kappa shape index (κ3) is 1.93. The fourth-order valence-corrected chi connectivity index (χ4v) is 5.85. The summed E-state index contributed by atoms with van der Waals surface area (Å²) in [4.78, 5) is 7.33. The van der Waals surface area contributed by atoms with Gasteiger partial charge in [0, 0.05) is 30.0 Å². The maximum absolute atomic E-state index is 5.36. The van der Waals surface area contributed by atoms with Crippen molar-refractivity contribution in [1.29, 1.82) is 0 Å². The summed E-state index contributed by atoms with van der Waals surface area (Å²) in [6, 6.07) is 9.27. The van der Waals surface area contributed by atoms with E-state index in [2.05, 4.69) is 56.9 Å². The quantitative estimate of drug-likeness (QED) is 0.683. The zero-order valence-corrected chi connectivity index (χ0v) is 15.9. The molecule has 6 rings (SSSR count). The van der Waals surface area contributed by atoms with Gasteiger partial charge < -0.3 is 9.09 Å². The van der Waals surface area contributed by atoms with Crippen LogP contribution in [-0.4, -0.2) is 32.7 Å². The average Bonchev–Trinajstić information content (AvgIpc) is 3.28. The smallest absolute Gasteiger partial charge is 0.223 e. The molecule has 27 heavy (non-hydrogen) atoms. The molecule has 0 spiro atoms. The molecule has 3 aromatic rings. The molecular formula is C22H24N4O. The third-order valence-electron chi connectivity index (χ3n) is 7.01. The van der Waals surface area contributed by atoms with Crippen molar-refractivity contribution in [2.24, 2.45) is 5.41 Å². The first-order chi connectivity index (χ1) is 13.2. The van der Waals surface area contributed by atoms with Gasteiger partial charge in [-0.25, -0.2) is 0 Å². The Hall–Kier alpha value is -2.40. The van der Waals surface area contributed by atoms with Crippen LogP contribution in [0.4, 0.5) is 0 Å². The number of fused-ring (bicyclic) bond motifs is 3. The Morgan fingerprint density at radius 3 is 2.96 bits per heavy atom. The normalized spacial score (nSPS) is 26.9. The highest BCUT2D eigenvalue weighted by molar-refractivity contribution is 5.91. The summed E-state index contributed by atoms with van der Waals surface area (Å²) in [5, 5.41) is 5.69. The summed E-state index contributed by atoms with van der Waals surface area (Å²) in [6.45, 7) is 6.57. The van der Waals surface area contributed by atoms with Crippen LogP contribution in [0.3, 0.4) is 0 Å². The summed E-state index contributed by atoms with van der Waals surface area (Å²) in [5.41, 5.74) is 5.53. The predicted octanol–water partition coefficient (Wildman–Crippen LogP) is 4.32. The first kappa shape index (κ1) is 15.6. The molecule has 0 N–H and O–H groups in total. The number of aromatic nitrogens is 3. The predicted molar refractivity (Wildman–Crippen MR) is 104 cm³/mol. The summed E-state index contributed by atoms with van der Waals surface area (Å²) in [6.07, 6.45) is 7.22. The van der Waals surface area contributed by atoms with Gasteiger partial charge in [-0.05, 0) is 49.9 Å². The zero-order valence-electron chi connectivity index (χ0n) is 15.9. The molecule has 1 fully saturated rings. The molecule has 3 aliphatic rings. The molecule has 1 aromatic carbocycles. The van der Waals surface area contributed by atoms with Crippen LogP contribution in [0.2, 0.25) is 0 Å². The summed E-state index contributed by atoms with van der Waals surface area (Å²) in [7, 11) is 0. The van der Waals surface area contributed by atoms with Crippen LogP contribution in [0.25, 0.3) is 16.6 Å². The van der Waals surface area contributed by atoms with Crippen LogP contribution < -0.4 is 0 Å². The van der Waals surface area contributed by atoms with Gasteiger partial charge in [0.05, 0.1) is 17.3 Å². The molecule has 3 aliphatic heterocycles. The molecular weight excluding hydrogens is 336 g/mol. The Balaban J connectivity index is 1.73. The van der Waals surface area contributed by atoms with Crippen molar-refractivity contribution < 1.29 is 4.52 Å². The van der Waals surface area contributed by atoms with Crippen molar-refractivity contribution in [2.75, 3.05) is 13.1 Å². The van der Waals surface area contributed by atoms with Crippen LogP contribution in [0.5, 0.6) is 0 Å². The zero-order chi connectivity index (χ0) is 18.2. The lowest BCUT2D eigenvalue weighted by Crippen LogP contribution is -2.50. The monoisotopic (exact) mass is 360 g/mol. The minimum Gasteiger partial charge on any atom is -0.339 e. The Morgan fingerprint density at radius 1 is 1.26 bits per heavy atom. The van der Waals surface area contributed by atoms with Crippen LogP contribution in [-0.2, 0) is 6.42 Å². The second kappa shape index (κ2) is 5.32. The van der Waals surface area contributed by atoms with Crippen LogP contribution in [0, 0.1) is 12.3 Å². The number of hydrogen-bond acceptors (Lipinski definition) is 4. The van der Waals surface area contributed by atoms with Crippen LogP contribution in [0.1, 0.15) is 55.2 Å². The van der Waals surface area contributed by atoms with E-state index >= 15 is 0 Å². The molecule has 5 heterocycles. The second-order valence-corrected chi connectivity index (χ2v) is 8.26. The number of piperidine rings is 1. The van der Waals surface area contributed by atoms with E-state index in [-0.39, 0.29) is 5.41 Å². The maximum Gasteiger partial charge on any atom is 0.223 e. The van der Waals surface area contributed by atoms with Crippen LogP contribution in [0.15, 0.2) is 34.9 Å². The second-order valence-electron chi connectivity index (χ2n) is 8.26. The number of rotatable bonds is 2. The number of benzene rings is 1. The Labute approximate surface area is 158 Å². The molecule has 1 saturated heterocycles. The van der Waals surface area contributed by atoms with Gasteiger partial charge in [0.2, 0.25) is 11.7 Å². The molecule has 0 radical (unpaired) electrons. The molecule has 5 heteroatoms. The largest absolute Gasteiger partial charge is 0.339 e. The summed E-state index contributed by atoms with van der Waals surface area (Å²) >= 11 is 0. The van der Waals surface area contributed by atoms with E-state index in [1.807, 2.05) is 6.92 Å².